The zero-order chi connectivity index (χ0) is 19.4. The summed E-state index contributed by atoms with van der Waals surface area (Å²) < 4.78 is 10.1. The van der Waals surface area contributed by atoms with Crippen molar-refractivity contribution in [2.45, 2.75) is 26.3 Å². The van der Waals surface area contributed by atoms with Gasteiger partial charge in [0, 0.05) is 35.7 Å². The molecule has 1 saturated heterocycles. The van der Waals surface area contributed by atoms with Crippen LogP contribution in [0.3, 0.4) is 0 Å². The fraction of sp³-hybridized carbons (Fsp3) is 0.421. The Bertz CT molecular complexity index is 900. The van der Waals surface area contributed by atoms with Crippen molar-refractivity contribution in [3.05, 3.63) is 40.2 Å². The Labute approximate surface area is 156 Å². The quantitative estimate of drug-likeness (QED) is 0.775. The van der Waals surface area contributed by atoms with Crippen molar-refractivity contribution < 1.29 is 18.7 Å². The maximum absolute atomic E-state index is 12.0. The molecule has 1 fully saturated rings. The van der Waals surface area contributed by atoms with Gasteiger partial charge in [0.2, 0.25) is 5.91 Å². The topological polar surface area (TPSA) is 115 Å². The molecule has 1 aliphatic rings. The third-order valence-electron chi connectivity index (χ3n) is 4.74. The van der Waals surface area contributed by atoms with Crippen LogP contribution in [0.2, 0.25) is 0 Å². The normalized spacial score (nSPS) is 15.6. The van der Waals surface area contributed by atoms with Crippen LogP contribution in [-0.4, -0.2) is 36.6 Å². The van der Waals surface area contributed by atoms with Crippen LogP contribution < -0.4 is 16.7 Å². The third kappa shape index (κ3) is 4.65. The number of carbonyl (C=O) groups excluding carboxylic acids is 2. The van der Waals surface area contributed by atoms with Crippen LogP contribution in [0, 0.1) is 5.92 Å². The number of fused-ring (bicyclic) bond motifs is 1. The van der Waals surface area contributed by atoms with Crippen molar-refractivity contribution in [2.24, 2.45) is 11.7 Å². The van der Waals surface area contributed by atoms with E-state index in [2.05, 4.69) is 10.2 Å². The van der Waals surface area contributed by atoms with Gasteiger partial charge in [-0.15, -0.1) is 0 Å². The molecule has 8 nitrogen and oxygen atoms in total. The second kappa shape index (κ2) is 8.22. The molecule has 144 valence electrons. The molecule has 0 spiro atoms. The molecule has 0 bridgehead atoms. The van der Waals surface area contributed by atoms with Gasteiger partial charge < -0.3 is 14.9 Å². The number of likely N-dealkylation sites (tertiary alicyclic amines) is 1. The highest BCUT2D eigenvalue weighted by atomic mass is 16.5. The van der Waals surface area contributed by atoms with E-state index < -0.39 is 11.7 Å². The third-order valence-corrected chi connectivity index (χ3v) is 4.74. The number of piperidine rings is 1. The number of benzene rings is 1. The van der Waals surface area contributed by atoms with Gasteiger partial charge in [0.25, 0.3) is 0 Å². The first-order valence-corrected chi connectivity index (χ1v) is 8.98. The number of carbonyl (C=O) groups is 2. The van der Waals surface area contributed by atoms with E-state index in [0.29, 0.717) is 17.8 Å². The highest BCUT2D eigenvalue weighted by molar-refractivity contribution is 5.90. The maximum Gasteiger partial charge on any atom is 0.411 e. The Morgan fingerprint density at radius 2 is 2.04 bits per heavy atom. The van der Waals surface area contributed by atoms with E-state index in [1.165, 1.54) is 6.07 Å². The molecule has 0 saturated carbocycles. The second-order valence-electron chi connectivity index (χ2n) is 6.60. The predicted molar refractivity (Wildman–Crippen MR) is 100 cm³/mol. The van der Waals surface area contributed by atoms with Gasteiger partial charge >= 0.3 is 11.7 Å². The highest BCUT2D eigenvalue weighted by Crippen LogP contribution is 2.24. The lowest BCUT2D eigenvalue weighted by molar-refractivity contribution is -0.123. The number of hydrogen-bond donors (Lipinski definition) is 2. The largest absolute Gasteiger partial charge is 0.450 e. The van der Waals surface area contributed by atoms with Gasteiger partial charge in [0.1, 0.15) is 5.58 Å². The number of rotatable bonds is 5. The monoisotopic (exact) mass is 373 g/mol. The predicted octanol–water partition coefficient (Wildman–Crippen LogP) is 2.06. The molecule has 1 aromatic heterocycles. The Hall–Kier alpha value is -2.87. The van der Waals surface area contributed by atoms with Gasteiger partial charge in [-0.25, -0.2) is 9.59 Å². The van der Waals surface area contributed by atoms with Gasteiger partial charge in [-0.3, -0.25) is 15.0 Å². The minimum absolute atomic E-state index is 0.0738. The number of ether oxygens (including phenoxy) is 1. The van der Waals surface area contributed by atoms with Gasteiger partial charge in [-0.1, -0.05) is 0 Å². The van der Waals surface area contributed by atoms with Crippen molar-refractivity contribution in [3.63, 3.8) is 0 Å². The first-order valence-electron chi connectivity index (χ1n) is 8.98. The smallest absolute Gasteiger partial charge is 0.411 e. The Balaban J connectivity index is 1.79. The average Bonchev–Trinajstić information content (AvgIpc) is 2.62. The molecular weight excluding hydrogens is 350 g/mol. The van der Waals surface area contributed by atoms with Crippen LogP contribution in [0.25, 0.3) is 11.0 Å². The number of anilines is 1. The summed E-state index contributed by atoms with van der Waals surface area (Å²) in [6.07, 6.45) is 0.887. The Morgan fingerprint density at radius 3 is 2.70 bits per heavy atom. The van der Waals surface area contributed by atoms with E-state index in [9.17, 15) is 14.4 Å². The molecular formula is C19H23N3O5. The summed E-state index contributed by atoms with van der Waals surface area (Å²) in [5.41, 5.74) is 6.67. The van der Waals surface area contributed by atoms with Gasteiger partial charge in [-0.2, -0.15) is 0 Å². The van der Waals surface area contributed by atoms with Crippen LogP contribution in [0.1, 0.15) is 25.3 Å². The van der Waals surface area contributed by atoms with Gasteiger partial charge in [0.05, 0.1) is 6.61 Å². The lowest BCUT2D eigenvalue weighted by Gasteiger charge is -2.30. The fourth-order valence-corrected chi connectivity index (χ4v) is 3.34. The van der Waals surface area contributed by atoms with Crippen LogP contribution >= 0.6 is 0 Å². The highest BCUT2D eigenvalue weighted by Gasteiger charge is 2.23. The van der Waals surface area contributed by atoms with E-state index >= 15 is 0 Å². The number of nitrogens with two attached hydrogens (primary N) is 1. The molecule has 0 atom stereocenters. The number of nitrogens with zero attached hydrogens (tertiary/aromatic N) is 1. The molecule has 2 aromatic rings. The summed E-state index contributed by atoms with van der Waals surface area (Å²) in [6.45, 7) is 4.07. The molecule has 0 unspecified atom stereocenters. The molecule has 0 radical (unpaired) electrons. The fourth-order valence-electron chi connectivity index (χ4n) is 3.34. The second-order valence-corrected chi connectivity index (χ2v) is 6.60. The summed E-state index contributed by atoms with van der Waals surface area (Å²) in [5, 5.41) is 3.40. The van der Waals surface area contributed by atoms with Crippen LogP contribution in [0.5, 0.6) is 0 Å². The van der Waals surface area contributed by atoms with E-state index in [0.717, 1.165) is 36.9 Å². The standard InChI is InChI=1S/C19H23N3O5/c1-2-26-19(25)21-14-3-4-15-13(9-17(23)27-16(15)10-14)11-22-7-5-12(6-8-22)18(20)24/h3-4,9-10,12H,2,5-8,11H2,1H3,(H2,20,24)(H,21,25). The molecule has 3 N–H and O–H groups in total. The van der Waals surface area contributed by atoms with Crippen molar-refractivity contribution in [3.8, 4) is 0 Å². The van der Waals surface area contributed by atoms with Crippen molar-refractivity contribution in [1.82, 2.24) is 4.90 Å². The Kier molecular flexibility index (Phi) is 5.75. The summed E-state index contributed by atoms with van der Waals surface area (Å²) in [6, 6.07) is 6.64. The zero-order valence-electron chi connectivity index (χ0n) is 15.2. The molecule has 2 heterocycles. The minimum atomic E-state index is -0.562. The molecule has 8 heteroatoms. The zero-order valence-corrected chi connectivity index (χ0v) is 15.2. The first kappa shape index (κ1) is 18.9. The molecule has 2 amide bonds. The van der Waals surface area contributed by atoms with Gasteiger partial charge in [0.15, 0.2) is 0 Å². The lowest BCUT2D eigenvalue weighted by Crippen LogP contribution is -2.38. The number of amides is 2. The molecule has 27 heavy (non-hydrogen) atoms. The van der Waals surface area contributed by atoms with Gasteiger partial charge in [-0.05, 0) is 50.6 Å². The molecule has 3 rings (SSSR count). The molecule has 1 aliphatic heterocycles. The molecule has 0 aliphatic carbocycles. The summed E-state index contributed by atoms with van der Waals surface area (Å²) >= 11 is 0. The number of primary amides is 1. The van der Waals surface area contributed by atoms with E-state index in [1.54, 1.807) is 19.1 Å². The van der Waals surface area contributed by atoms with Crippen LogP contribution in [0.15, 0.2) is 33.5 Å². The summed E-state index contributed by atoms with van der Waals surface area (Å²) in [4.78, 5) is 37.0. The first-order chi connectivity index (χ1) is 13.0. The van der Waals surface area contributed by atoms with E-state index in [-0.39, 0.29) is 18.4 Å². The van der Waals surface area contributed by atoms with Crippen LogP contribution in [-0.2, 0) is 16.1 Å². The average molecular weight is 373 g/mol. The van der Waals surface area contributed by atoms with Crippen molar-refractivity contribution in [1.29, 1.82) is 0 Å². The van der Waals surface area contributed by atoms with E-state index in [1.807, 2.05) is 6.07 Å². The van der Waals surface area contributed by atoms with Crippen molar-refractivity contribution >= 4 is 28.7 Å². The van der Waals surface area contributed by atoms with E-state index in [4.69, 9.17) is 14.9 Å². The number of nitrogens with one attached hydrogen (secondary N) is 1. The SMILES string of the molecule is CCOC(=O)Nc1ccc2c(CN3CCC(C(N)=O)CC3)cc(=O)oc2c1. The minimum Gasteiger partial charge on any atom is -0.450 e. The number of hydrogen-bond acceptors (Lipinski definition) is 6. The maximum atomic E-state index is 12.0. The summed E-state index contributed by atoms with van der Waals surface area (Å²) in [7, 11) is 0. The van der Waals surface area contributed by atoms with Crippen LogP contribution in [0.4, 0.5) is 10.5 Å². The molecule has 1 aromatic carbocycles. The Morgan fingerprint density at radius 1 is 1.30 bits per heavy atom. The lowest BCUT2D eigenvalue weighted by atomic mass is 9.96. The van der Waals surface area contributed by atoms with Crippen molar-refractivity contribution in [2.75, 3.05) is 25.0 Å². The summed E-state index contributed by atoms with van der Waals surface area (Å²) in [5.74, 6) is -0.322.